The Balaban J connectivity index is 1.36. The summed E-state index contributed by atoms with van der Waals surface area (Å²) in [5.74, 6) is 0.203. The van der Waals surface area contributed by atoms with Crippen LogP contribution in [-0.2, 0) is 16.1 Å². The van der Waals surface area contributed by atoms with E-state index in [9.17, 15) is 9.59 Å². The van der Waals surface area contributed by atoms with E-state index in [0.29, 0.717) is 60.5 Å². The quantitative estimate of drug-likeness (QED) is 0.395. The van der Waals surface area contributed by atoms with Gasteiger partial charge in [-0.15, -0.1) is 5.10 Å². The van der Waals surface area contributed by atoms with Crippen molar-refractivity contribution < 1.29 is 14.3 Å². The molecule has 0 atom stereocenters. The van der Waals surface area contributed by atoms with Crippen LogP contribution < -0.4 is 0 Å². The summed E-state index contributed by atoms with van der Waals surface area (Å²) in [5.41, 5.74) is 2.19. The average molecular weight is 476 g/mol. The zero-order chi connectivity index (χ0) is 22.5. The number of piperazine rings is 1. The Morgan fingerprint density at radius 2 is 1.81 bits per heavy atom. The number of carbonyl (C=O) groups excluding carboxylic acids is 2. The summed E-state index contributed by atoms with van der Waals surface area (Å²) in [6.45, 7) is 4.50. The molecule has 10 nitrogen and oxygen atoms in total. The van der Waals surface area contributed by atoms with Gasteiger partial charge in [-0.1, -0.05) is 40.7 Å². The van der Waals surface area contributed by atoms with Crippen LogP contribution in [0.5, 0.6) is 0 Å². The van der Waals surface area contributed by atoms with Gasteiger partial charge < -0.3 is 14.5 Å². The van der Waals surface area contributed by atoms with Crippen molar-refractivity contribution in [3.05, 3.63) is 41.2 Å². The SMILES string of the molecule is CCOC(=O)N1CCN(C(=O)CSc2ncnc3c2nnn3Cc2ccc(Cl)cc2)CC1. The first kappa shape index (κ1) is 22.3. The number of hydrogen-bond donors (Lipinski definition) is 0. The molecule has 12 heteroatoms. The normalized spacial score (nSPS) is 14.1. The van der Waals surface area contributed by atoms with Crippen molar-refractivity contribution in [2.75, 3.05) is 38.5 Å². The highest BCUT2D eigenvalue weighted by Gasteiger charge is 2.25. The van der Waals surface area contributed by atoms with Crippen LogP contribution in [0, 0.1) is 0 Å². The molecule has 1 fully saturated rings. The maximum atomic E-state index is 12.7. The van der Waals surface area contributed by atoms with Gasteiger partial charge in [-0.2, -0.15) is 0 Å². The Kier molecular flexibility index (Phi) is 7.05. The van der Waals surface area contributed by atoms with Crippen LogP contribution in [0.2, 0.25) is 5.02 Å². The second-order valence-electron chi connectivity index (χ2n) is 7.08. The molecule has 0 radical (unpaired) electrons. The van der Waals surface area contributed by atoms with Crippen LogP contribution in [0.25, 0.3) is 11.2 Å². The van der Waals surface area contributed by atoms with E-state index in [2.05, 4.69) is 20.3 Å². The first-order chi connectivity index (χ1) is 15.5. The maximum Gasteiger partial charge on any atom is 0.409 e. The molecular weight excluding hydrogens is 454 g/mol. The number of rotatable bonds is 6. The first-order valence-corrected chi connectivity index (χ1v) is 11.5. The van der Waals surface area contributed by atoms with Gasteiger partial charge in [0.25, 0.3) is 0 Å². The molecule has 4 rings (SSSR count). The van der Waals surface area contributed by atoms with E-state index in [1.165, 1.54) is 18.1 Å². The predicted molar refractivity (Wildman–Crippen MR) is 120 cm³/mol. The lowest BCUT2D eigenvalue weighted by Gasteiger charge is -2.34. The van der Waals surface area contributed by atoms with Gasteiger partial charge in [0.05, 0.1) is 18.9 Å². The minimum absolute atomic E-state index is 0.0150. The lowest BCUT2D eigenvalue weighted by atomic mass is 10.2. The lowest BCUT2D eigenvalue weighted by molar-refractivity contribution is -0.129. The summed E-state index contributed by atoms with van der Waals surface area (Å²) < 4.78 is 6.71. The number of halogens is 1. The Morgan fingerprint density at radius 1 is 1.09 bits per heavy atom. The Morgan fingerprint density at radius 3 is 2.53 bits per heavy atom. The van der Waals surface area contributed by atoms with Gasteiger partial charge in [0.2, 0.25) is 5.91 Å². The Labute approximate surface area is 193 Å². The highest BCUT2D eigenvalue weighted by atomic mass is 35.5. The number of thioether (sulfide) groups is 1. The topological polar surface area (TPSA) is 106 Å². The fourth-order valence-electron chi connectivity index (χ4n) is 3.32. The summed E-state index contributed by atoms with van der Waals surface area (Å²) >= 11 is 7.26. The summed E-state index contributed by atoms with van der Waals surface area (Å²) in [5, 5.41) is 9.71. The minimum Gasteiger partial charge on any atom is -0.450 e. The molecule has 1 aliphatic rings. The molecule has 3 heterocycles. The number of hydrogen-bond acceptors (Lipinski definition) is 8. The van der Waals surface area contributed by atoms with Crippen LogP contribution in [-0.4, -0.2) is 85.3 Å². The van der Waals surface area contributed by atoms with Gasteiger partial charge in [0.1, 0.15) is 11.4 Å². The number of benzene rings is 1. The van der Waals surface area contributed by atoms with E-state index >= 15 is 0 Å². The molecular formula is C20H22ClN7O3S. The molecule has 3 aromatic rings. The zero-order valence-corrected chi connectivity index (χ0v) is 19.1. The molecule has 1 aliphatic heterocycles. The number of nitrogens with zero attached hydrogens (tertiary/aromatic N) is 7. The lowest BCUT2D eigenvalue weighted by Crippen LogP contribution is -2.51. The van der Waals surface area contributed by atoms with E-state index in [-0.39, 0.29) is 17.8 Å². The fraction of sp³-hybridized carbons (Fsp3) is 0.400. The second-order valence-corrected chi connectivity index (χ2v) is 8.48. The van der Waals surface area contributed by atoms with Gasteiger partial charge in [-0.3, -0.25) is 4.79 Å². The van der Waals surface area contributed by atoms with Gasteiger partial charge in [-0.25, -0.2) is 19.4 Å². The molecule has 32 heavy (non-hydrogen) atoms. The highest BCUT2D eigenvalue weighted by molar-refractivity contribution is 8.00. The van der Waals surface area contributed by atoms with Crippen molar-refractivity contribution in [2.45, 2.75) is 18.5 Å². The predicted octanol–water partition coefficient (Wildman–Crippen LogP) is 2.32. The molecule has 0 aliphatic carbocycles. The zero-order valence-electron chi connectivity index (χ0n) is 17.5. The molecule has 0 N–H and O–H groups in total. The summed E-state index contributed by atoms with van der Waals surface area (Å²) in [6, 6.07) is 7.50. The maximum absolute atomic E-state index is 12.7. The van der Waals surface area contributed by atoms with Crippen LogP contribution in [0.1, 0.15) is 12.5 Å². The van der Waals surface area contributed by atoms with E-state index in [0.717, 1.165) is 5.56 Å². The molecule has 2 amide bonds. The number of aromatic nitrogens is 5. The number of fused-ring (bicyclic) bond motifs is 1. The van der Waals surface area contributed by atoms with Crippen molar-refractivity contribution >= 4 is 46.5 Å². The first-order valence-electron chi connectivity index (χ1n) is 10.2. The van der Waals surface area contributed by atoms with Crippen LogP contribution in [0.4, 0.5) is 4.79 Å². The molecule has 2 aromatic heterocycles. The third-order valence-electron chi connectivity index (χ3n) is 5.00. The van der Waals surface area contributed by atoms with E-state index in [1.54, 1.807) is 21.4 Å². The molecule has 0 spiro atoms. The van der Waals surface area contributed by atoms with Crippen molar-refractivity contribution in [1.82, 2.24) is 34.8 Å². The number of ether oxygens (including phenoxy) is 1. The monoisotopic (exact) mass is 475 g/mol. The van der Waals surface area contributed by atoms with Crippen molar-refractivity contribution in [3.8, 4) is 0 Å². The molecule has 0 bridgehead atoms. The molecule has 168 valence electrons. The van der Waals surface area contributed by atoms with E-state index < -0.39 is 0 Å². The minimum atomic E-state index is -0.334. The largest absolute Gasteiger partial charge is 0.450 e. The van der Waals surface area contributed by atoms with Gasteiger partial charge >= 0.3 is 6.09 Å². The number of carbonyl (C=O) groups is 2. The van der Waals surface area contributed by atoms with Crippen molar-refractivity contribution in [2.24, 2.45) is 0 Å². The summed E-state index contributed by atoms with van der Waals surface area (Å²) in [4.78, 5) is 36.4. The third kappa shape index (κ3) is 5.10. The summed E-state index contributed by atoms with van der Waals surface area (Å²) in [7, 11) is 0. The molecule has 1 saturated heterocycles. The van der Waals surface area contributed by atoms with Crippen molar-refractivity contribution in [3.63, 3.8) is 0 Å². The van der Waals surface area contributed by atoms with Gasteiger partial charge in [-0.05, 0) is 24.6 Å². The van der Waals surface area contributed by atoms with Gasteiger partial charge in [0, 0.05) is 31.2 Å². The molecule has 1 aromatic carbocycles. The smallest absolute Gasteiger partial charge is 0.409 e. The second kappa shape index (κ2) is 10.1. The Bertz CT molecular complexity index is 1100. The van der Waals surface area contributed by atoms with E-state index in [1.807, 2.05) is 24.3 Å². The van der Waals surface area contributed by atoms with Crippen LogP contribution in [0.15, 0.2) is 35.6 Å². The van der Waals surface area contributed by atoms with Crippen LogP contribution in [0.3, 0.4) is 0 Å². The van der Waals surface area contributed by atoms with Crippen molar-refractivity contribution in [1.29, 1.82) is 0 Å². The highest BCUT2D eigenvalue weighted by Crippen LogP contribution is 2.23. The standard InChI is InChI=1S/C20H22ClN7O3S/c1-2-31-20(30)27-9-7-26(8-10-27)16(29)12-32-19-17-18(22-13-23-19)28(25-24-17)11-14-3-5-15(21)6-4-14/h3-6,13H,2,7-12H2,1H3. The number of amides is 2. The van der Waals surface area contributed by atoms with E-state index in [4.69, 9.17) is 16.3 Å². The fourth-order valence-corrected chi connectivity index (χ4v) is 4.28. The third-order valence-corrected chi connectivity index (χ3v) is 6.22. The molecule has 0 saturated carbocycles. The molecule has 0 unspecified atom stereocenters. The Hall–Kier alpha value is -2.92. The average Bonchev–Trinajstić information content (AvgIpc) is 3.22. The summed E-state index contributed by atoms with van der Waals surface area (Å²) in [6.07, 6.45) is 1.12. The van der Waals surface area contributed by atoms with Crippen LogP contribution >= 0.6 is 23.4 Å². The van der Waals surface area contributed by atoms with Gasteiger partial charge in [0.15, 0.2) is 11.2 Å².